The number of anilines is 1. The monoisotopic (exact) mass is 327 g/mol. The van der Waals surface area contributed by atoms with Crippen LogP contribution in [0.3, 0.4) is 0 Å². The van der Waals surface area contributed by atoms with E-state index in [1.807, 2.05) is 6.92 Å². The summed E-state index contributed by atoms with van der Waals surface area (Å²) >= 11 is 6.02. The van der Waals surface area contributed by atoms with Crippen LogP contribution in [-0.2, 0) is 0 Å². The van der Waals surface area contributed by atoms with Crippen molar-refractivity contribution in [3.63, 3.8) is 0 Å². The first-order valence-corrected chi connectivity index (χ1v) is 7.12. The number of carbonyl (C=O) groups excluding carboxylic acids is 1. The van der Waals surface area contributed by atoms with Crippen molar-refractivity contribution in [3.8, 4) is 11.8 Å². The van der Waals surface area contributed by atoms with Crippen LogP contribution in [0, 0.1) is 18.3 Å². The van der Waals surface area contributed by atoms with Crippen LogP contribution < -0.4 is 10.2 Å². The Morgan fingerprint density at radius 1 is 1.26 bits per heavy atom. The summed E-state index contributed by atoms with van der Waals surface area (Å²) in [6.45, 7) is 1.82. The molecule has 0 bridgehead atoms. The van der Waals surface area contributed by atoms with E-state index in [4.69, 9.17) is 21.6 Å². The van der Waals surface area contributed by atoms with Gasteiger partial charge in [-0.25, -0.2) is 0 Å². The highest BCUT2D eigenvalue weighted by atomic mass is 35.5. The summed E-state index contributed by atoms with van der Waals surface area (Å²) in [4.78, 5) is 12.3. The third kappa shape index (κ3) is 3.87. The maximum atomic E-state index is 12.3. The van der Waals surface area contributed by atoms with Crippen LogP contribution in [-0.4, -0.2) is 18.6 Å². The number of hydrazone groups is 1. The van der Waals surface area contributed by atoms with Gasteiger partial charge in [-0.05, 0) is 48.9 Å². The van der Waals surface area contributed by atoms with Gasteiger partial charge in [0.05, 0.1) is 12.8 Å². The zero-order chi connectivity index (χ0) is 16.8. The highest BCUT2D eigenvalue weighted by Gasteiger charge is 2.14. The lowest BCUT2D eigenvalue weighted by Gasteiger charge is -2.07. The number of benzene rings is 2. The first-order valence-electron chi connectivity index (χ1n) is 6.74. The van der Waals surface area contributed by atoms with E-state index >= 15 is 0 Å². The molecule has 116 valence electrons. The summed E-state index contributed by atoms with van der Waals surface area (Å²) < 4.78 is 5.03. The quantitative estimate of drug-likeness (QED) is 0.514. The number of hydrogen-bond acceptors (Lipinski definition) is 5. The number of ether oxygens (including phenoxy) is 1. The average molecular weight is 328 g/mol. The number of ketones is 1. The number of halogens is 1. The van der Waals surface area contributed by atoms with Gasteiger partial charge in [0.1, 0.15) is 11.8 Å². The van der Waals surface area contributed by atoms with Crippen molar-refractivity contribution < 1.29 is 9.53 Å². The van der Waals surface area contributed by atoms with E-state index in [2.05, 4.69) is 10.5 Å². The van der Waals surface area contributed by atoms with Crippen molar-refractivity contribution >= 4 is 28.8 Å². The molecule has 2 rings (SSSR count). The third-order valence-electron chi connectivity index (χ3n) is 3.23. The maximum Gasteiger partial charge on any atom is 0.223 e. The summed E-state index contributed by atoms with van der Waals surface area (Å²) in [5.41, 5.74) is 4.25. The summed E-state index contributed by atoms with van der Waals surface area (Å²) in [6.07, 6.45) is 0. The Labute approximate surface area is 139 Å². The van der Waals surface area contributed by atoms with Crippen molar-refractivity contribution in [3.05, 3.63) is 58.6 Å². The van der Waals surface area contributed by atoms with Gasteiger partial charge in [-0.3, -0.25) is 10.2 Å². The molecule has 0 fully saturated rings. The second kappa shape index (κ2) is 7.43. The molecular weight excluding hydrogens is 314 g/mol. The number of nitrogens with one attached hydrogen (secondary N) is 1. The summed E-state index contributed by atoms with van der Waals surface area (Å²) in [7, 11) is 1.54. The van der Waals surface area contributed by atoms with Crippen LogP contribution in [0.25, 0.3) is 0 Å². The predicted molar refractivity (Wildman–Crippen MR) is 90.2 cm³/mol. The predicted octanol–water partition coefficient (Wildman–Crippen LogP) is 3.83. The first kappa shape index (κ1) is 16.5. The topological polar surface area (TPSA) is 74.5 Å². The second-order valence-corrected chi connectivity index (χ2v) is 5.06. The molecule has 0 aromatic heterocycles. The normalized spacial score (nSPS) is 10.8. The van der Waals surface area contributed by atoms with Gasteiger partial charge in [0.25, 0.3) is 0 Å². The molecule has 0 radical (unpaired) electrons. The minimum Gasteiger partial charge on any atom is -0.497 e. The lowest BCUT2D eigenvalue weighted by molar-refractivity contribution is 0.106. The Kier molecular flexibility index (Phi) is 5.34. The molecule has 5 nitrogen and oxygen atoms in total. The third-order valence-corrected chi connectivity index (χ3v) is 3.64. The molecule has 0 aliphatic carbocycles. The van der Waals surface area contributed by atoms with Gasteiger partial charge in [-0.15, -0.1) is 0 Å². The molecule has 0 heterocycles. The number of carbonyl (C=O) groups is 1. The molecule has 2 aromatic rings. The van der Waals surface area contributed by atoms with Crippen LogP contribution >= 0.6 is 11.6 Å². The van der Waals surface area contributed by atoms with Crippen molar-refractivity contribution in [2.24, 2.45) is 5.10 Å². The fraction of sp³-hybridized carbons (Fsp3) is 0.118. The van der Waals surface area contributed by atoms with Gasteiger partial charge in [-0.2, -0.15) is 10.4 Å². The molecule has 0 atom stereocenters. The van der Waals surface area contributed by atoms with Gasteiger partial charge in [0.15, 0.2) is 0 Å². The number of methoxy groups -OCH3 is 1. The molecule has 0 aliphatic heterocycles. The summed E-state index contributed by atoms with van der Waals surface area (Å²) in [5.74, 6) is 0.159. The van der Waals surface area contributed by atoms with E-state index in [1.54, 1.807) is 48.5 Å². The van der Waals surface area contributed by atoms with E-state index in [0.717, 1.165) is 5.56 Å². The Balaban J connectivity index is 2.22. The van der Waals surface area contributed by atoms with Crippen LogP contribution in [0.2, 0.25) is 5.02 Å². The zero-order valence-corrected chi connectivity index (χ0v) is 13.4. The molecule has 0 saturated heterocycles. The fourth-order valence-electron chi connectivity index (χ4n) is 1.85. The average Bonchev–Trinajstić information content (AvgIpc) is 2.58. The number of nitrogens with zero attached hydrogens (tertiary/aromatic N) is 2. The molecule has 23 heavy (non-hydrogen) atoms. The highest BCUT2D eigenvalue weighted by Crippen LogP contribution is 2.23. The molecule has 1 N–H and O–H groups in total. The Morgan fingerprint density at radius 2 is 1.96 bits per heavy atom. The van der Waals surface area contributed by atoms with Crippen molar-refractivity contribution in [2.45, 2.75) is 6.92 Å². The largest absolute Gasteiger partial charge is 0.497 e. The summed E-state index contributed by atoms with van der Waals surface area (Å²) in [6, 6.07) is 13.5. The number of rotatable bonds is 5. The smallest absolute Gasteiger partial charge is 0.223 e. The van der Waals surface area contributed by atoms with Gasteiger partial charge >= 0.3 is 0 Å². The standard InChI is InChI=1S/C17H14ClN3O2/c1-11-14(18)4-3-5-15(11)20-21-16(10-19)17(22)12-6-8-13(23-2)9-7-12/h3-9,20H,1-2H3/b21-16+. The van der Waals surface area contributed by atoms with E-state index < -0.39 is 5.78 Å². The van der Waals surface area contributed by atoms with Crippen LogP contribution in [0.4, 0.5) is 5.69 Å². The molecule has 0 aliphatic rings. The first-order chi connectivity index (χ1) is 11.1. The molecule has 2 aromatic carbocycles. The fourth-order valence-corrected chi connectivity index (χ4v) is 2.02. The van der Waals surface area contributed by atoms with Crippen molar-refractivity contribution in [1.82, 2.24) is 0 Å². The molecule has 6 heteroatoms. The SMILES string of the molecule is COc1ccc(C(=O)/C(C#N)=N/Nc2cccc(Cl)c2C)cc1. The van der Waals surface area contributed by atoms with E-state index in [-0.39, 0.29) is 5.71 Å². The Bertz CT molecular complexity index is 792. The molecule has 0 saturated carbocycles. The second-order valence-electron chi connectivity index (χ2n) is 4.65. The van der Waals surface area contributed by atoms with E-state index in [0.29, 0.717) is 22.0 Å². The zero-order valence-electron chi connectivity index (χ0n) is 12.6. The number of Topliss-reactive ketones (excluding diaryl/α,β-unsaturated/α-hetero) is 1. The van der Waals surface area contributed by atoms with Gasteiger partial charge in [0.2, 0.25) is 11.5 Å². The van der Waals surface area contributed by atoms with Gasteiger partial charge in [0, 0.05) is 10.6 Å². The Morgan fingerprint density at radius 3 is 2.57 bits per heavy atom. The minimum absolute atomic E-state index is 0.241. The molecule has 0 amide bonds. The number of hydrogen-bond donors (Lipinski definition) is 1. The van der Waals surface area contributed by atoms with E-state index in [1.165, 1.54) is 7.11 Å². The van der Waals surface area contributed by atoms with Crippen molar-refractivity contribution in [2.75, 3.05) is 12.5 Å². The van der Waals surface area contributed by atoms with Crippen LogP contribution in [0.1, 0.15) is 15.9 Å². The minimum atomic E-state index is -0.470. The lowest BCUT2D eigenvalue weighted by Crippen LogP contribution is -2.14. The molecular formula is C17H14ClN3O2. The maximum absolute atomic E-state index is 12.3. The van der Waals surface area contributed by atoms with Crippen LogP contribution in [0.15, 0.2) is 47.6 Å². The van der Waals surface area contributed by atoms with Crippen LogP contribution in [0.5, 0.6) is 5.75 Å². The number of nitriles is 1. The summed E-state index contributed by atoms with van der Waals surface area (Å²) in [5, 5.41) is 13.6. The molecule has 0 unspecified atom stereocenters. The van der Waals surface area contributed by atoms with Gasteiger partial charge in [-0.1, -0.05) is 17.7 Å². The highest BCUT2D eigenvalue weighted by molar-refractivity contribution is 6.51. The molecule has 0 spiro atoms. The Hall–Kier alpha value is -2.84. The lowest BCUT2D eigenvalue weighted by atomic mass is 10.1. The van der Waals surface area contributed by atoms with E-state index in [9.17, 15) is 4.79 Å². The van der Waals surface area contributed by atoms with Gasteiger partial charge < -0.3 is 4.74 Å². The van der Waals surface area contributed by atoms with Crippen molar-refractivity contribution in [1.29, 1.82) is 5.26 Å².